The van der Waals surface area contributed by atoms with Gasteiger partial charge < -0.3 is 10.1 Å². The van der Waals surface area contributed by atoms with E-state index in [0.29, 0.717) is 6.42 Å². The third-order valence-corrected chi connectivity index (χ3v) is 6.06. The molecule has 1 atom stereocenters. The number of rotatable bonds is 10. The van der Waals surface area contributed by atoms with Crippen LogP contribution in [0.3, 0.4) is 0 Å². The Kier molecular flexibility index (Phi) is 11.2. The topological polar surface area (TPSA) is 72.5 Å². The molecule has 5 nitrogen and oxygen atoms in total. The number of nitrogens with one attached hydrogen (secondary N) is 1. The molecule has 0 aromatic heterocycles. The lowest BCUT2D eigenvalue weighted by molar-refractivity contribution is -0.163. The monoisotopic (exact) mass is 413 g/mol. The first-order valence-corrected chi connectivity index (χ1v) is 11.8. The van der Waals surface area contributed by atoms with Gasteiger partial charge in [0, 0.05) is 17.7 Å². The van der Waals surface area contributed by atoms with Crippen molar-refractivity contribution in [2.45, 2.75) is 104 Å². The number of amides is 1. The fourth-order valence-electron chi connectivity index (χ4n) is 3.24. The number of esters is 1. The van der Waals surface area contributed by atoms with Gasteiger partial charge in [-0.2, -0.15) is 0 Å². The van der Waals surface area contributed by atoms with Gasteiger partial charge >= 0.3 is 5.97 Å². The summed E-state index contributed by atoms with van der Waals surface area (Å²) < 4.78 is 5.50. The standard InChI is InChI=1S/C22H39NO4S/c1-16(2)21(26)28-15-11-7-10-14-18(20(25)27-22(3,4)5)19(24)23-17-12-8-6-9-13-17/h16-18H,6-15H2,1-5H3,(H,23,24)/t18-/m0/s1. The second kappa shape index (κ2) is 12.5. The van der Waals surface area contributed by atoms with E-state index in [0.717, 1.165) is 50.7 Å². The maximum Gasteiger partial charge on any atom is 0.319 e. The summed E-state index contributed by atoms with van der Waals surface area (Å²) in [4.78, 5) is 37.0. The number of thioether (sulfide) groups is 1. The molecule has 0 spiro atoms. The molecule has 1 aliphatic rings. The molecule has 0 bridgehead atoms. The Morgan fingerprint density at radius 1 is 1.04 bits per heavy atom. The number of unbranched alkanes of at least 4 members (excludes halogenated alkanes) is 2. The Balaban J connectivity index is 2.49. The molecule has 0 aromatic carbocycles. The van der Waals surface area contributed by atoms with Crippen molar-refractivity contribution in [1.82, 2.24) is 5.32 Å². The Bertz CT molecular complexity index is 507. The van der Waals surface area contributed by atoms with Gasteiger partial charge in [-0.05, 0) is 46.5 Å². The third kappa shape index (κ3) is 10.5. The summed E-state index contributed by atoms with van der Waals surface area (Å²) in [6.45, 7) is 9.29. The third-order valence-electron chi connectivity index (χ3n) is 4.81. The van der Waals surface area contributed by atoms with Gasteiger partial charge in [0.15, 0.2) is 5.12 Å². The van der Waals surface area contributed by atoms with Crippen LogP contribution in [0.25, 0.3) is 0 Å². The first-order valence-electron chi connectivity index (χ1n) is 10.8. The van der Waals surface area contributed by atoms with Crippen LogP contribution in [0.4, 0.5) is 0 Å². The summed E-state index contributed by atoms with van der Waals surface area (Å²) in [6.07, 6.45) is 8.56. The Morgan fingerprint density at radius 3 is 2.25 bits per heavy atom. The van der Waals surface area contributed by atoms with E-state index >= 15 is 0 Å². The van der Waals surface area contributed by atoms with E-state index in [-0.39, 0.29) is 23.0 Å². The first-order chi connectivity index (χ1) is 13.1. The highest BCUT2D eigenvalue weighted by atomic mass is 32.2. The molecule has 0 heterocycles. The van der Waals surface area contributed by atoms with E-state index in [2.05, 4.69) is 5.32 Å². The van der Waals surface area contributed by atoms with Crippen LogP contribution in [-0.2, 0) is 19.1 Å². The van der Waals surface area contributed by atoms with Gasteiger partial charge in [-0.15, -0.1) is 0 Å². The zero-order valence-electron chi connectivity index (χ0n) is 18.3. The smallest absolute Gasteiger partial charge is 0.319 e. The quantitative estimate of drug-likeness (QED) is 0.314. The fourth-order valence-corrected chi connectivity index (χ4v) is 4.13. The largest absolute Gasteiger partial charge is 0.459 e. The van der Waals surface area contributed by atoms with Crippen molar-refractivity contribution in [1.29, 1.82) is 0 Å². The van der Waals surface area contributed by atoms with Gasteiger partial charge in [0.05, 0.1) is 0 Å². The highest BCUT2D eigenvalue weighted by Gasteiger charge is 2.32. The predicted octanol–water partition coefficient (Wildman–Crippen LogP) is 4.87. The summed E-state index contributed by atoms with van der Waals surface area (Å²) >= 11 is 1.38. The fraction of sp³-hybridized carbons (Fsp3) is 0.864. The maximum absolute atomic E-state index is 12.8. The van der Waals surface area contributed by atoms with Gasteiger partial charge in [-0.1, -0.05) is 57.7 Å². The molecular formula is C22H39NO4S. The molecule has 0 aliphatic heterocycles. The molecule has 0 radical (unpaired) electrons. The second-order valence-electron chi connectivity index (χ2n) is 9.10. The molecule has 1 saturated carbocycles. The molecule has 162 valence electrons. The van der Waals surface area contributed by atoms with Crippen LogP contribution in [0.15, 0.2) is 0 Å². The summed E-state index contributed by atoms with van der Waals surface area (Å²) in [5, 5.41) is 3.30. The number of ether oxygens (including phenoxy) is 1. The zero-order valence-corrected chi connectivity index (χ0v) is 19.2. The molecule has 0 unspecified atom stereocenters. The van der Waals surface area contributed by atoms with Gasteiger partial charge in [0.2, 0.25) is 5.91 Å². The average Bonchev–Trinajstić information content (AvgIpc) is 2.59. The van der Waals surface area contributed by atoms with E-state index < -0.39 is 17.5 Å². The lowest BCUT2D eigenvalue weighted by Crippen LogP contribution is -2.44. The van der Waals surface area contributed by atoms with E-state index in [1.165, 1.54) is 18.2 Å². The van der Waals surface area contributed by atoms with Crippen LogP contribution < -0.4 is 5.32 Å². The van der Waals surface area contributed by atoms with Gasteiger partial charge in [-0.25, -0.2) is 0 Å². The predicted molar refractivity (Wildman–Crippen MR) is 115 cm³/mol. The number of hydrogen-bond acceptors (Lipinski definition) is 5. The molecule has 0 aromatic rings. The SMILES string of the molecule is CC(C)C(=O)SCCCCC[C@@H](C(=O)NC1CCCCC1)C(=O)OC(C)(C)C. The van der Waals surface area contributed by atoms with E-state index in [1.54, 1.807) is 0 Å². The highest BCUT2D eigenvalue weighted by molar-refractivity contribution is 8.13. The Labute approximate surface area is 175 Å². The van der Waals surface area contributed by atoms with Crippen molar-refractivity contribution in [3.05, 3.63) is 0 Å². The molecular weight excluding hydrogens is 374 g/mol. The van der Waals surface area contributed by atoms with Crippen LogP contribution in [-0.4, -0.2) is 34.4 Å². The van der Waals surface area contributed by atoms with Crippen molar-refractivity contribution in [2.24, 2.45) is 11.8 Å². The minimum Gasteiger partial charge on any atom is -0.459 e. The minimum absolute atomic E-state index is 0.0602. The summed E-state index contributed by atoms with van der Waals surface area (Å²) in [5.74, 6) is -0.505. The number of carbonyl (C=O) groups excluding carboxylic acids is 3. The van der Waals surface area contributed by atoms with Crippen molar-refractivity contribution < 1.29 is 19.1 Å². The minimum atomic E-state index is -0.744. The molecule has 1 rings (SSSR count). The summed E-state index contributed by atoms with van der Waals surface area (Å²) in [5.41, 5.74) is -0.603. The van der Waals surface area contributed by atoms with E-state index in [4.69, 9.17) is 4.74 Å². The van der Waals surface area contributed by atoms with Crippen molar-refractivity contribution in [3.63, 3.8) is 0 Å². The van der Waals surface area contributed by atoms with Crippen molar-refractivity contribution >= 4 is 28.8 Å². The van der Waals surface area contributed by atoms with Crippen LogP contribution in [0.2, 0.25) is 0 Å². The molecule has 0 saturated heterocycles. The molecule has 6 heteroatoms. The Morgan fingerprint density at radius 2 is 1.68 bits per heavy atom. The van der Waals surface area contributed by atoms with Crippen molar-refractivity contribution in [2.75, 3.05) is 5.75 Å². The summed E-state index contributed by atoms with van der Waals surface area (Å²) in [7, 11) is 0. The molecule has 28 heavy (non-hydrogen) atoms. The van der Waals surface area contributed by atoms with Crippen molar-refractivity contribution in [3.8, 4) is 0 Å². The second-order valence-corrected chi connectivity index (χ2v) is 10.2. The zero-order chi connectivity index (χ0) is 21.2. The number of hydrogen-bond donors (Lipinski definition) is 1. The van der Waals surface area contributed by atoms with Gasteiger partial charge in [0.25, 0.3) is 0 Å². The van der Waals surface area contributed by atoms with Crippen LogP contribution in [0.5, 0.6) is 0 Å². The normalized spacial score (nSPS) is 16.6. The number of carbonyl (C=O) groups is 3. The van der Waals surface area contributed by atoms with Gasteiger partial charge in [-0.3, -0.25) is 14.4 Å². The van der Waals surface area contributed by atoms with Crippen LogP contribution in [0, 0.1) is 11.8 Å². The van der Waals surface area contributed by atoms with Crippen LogP contribution in [0.1, 0.15) is 92.4 Å². The first kappa shape index (κ1) is 25.0. The average molecular weight is 414 g/mol. The molecule has 1 fully saturated rings. The molecule has 1 N–H and O–H groups in total. The van der Waals surface area contributed by atoms with E-state index in [1.807, 2.05) is 34.6 Å². The van der Waals surface area contributed by atoms with E-state index in [9.17, 15) is 14.4 Å². The lowest BCUT2D eigenvalue weighted by Gasteiger charge is -2.27. The lowest BCUT2D eigenvalue weighted by atomic mass is 9.94. The van der Waals surface area contributed by atoms with Gasteiger partial charge in [0.1, 0.15) is 11.5 Å². The highest BCUT2D eigenvalue weighted by Crippen LogP contribution is 2.21. The molecule has 1 aliphatic carbocycles. The molecule has 1 amide bonds. The Hall–Kier alpha value is -1.04. The summed E-state index contributed by atoms with van der Waals surface area (Å²) in [6, 6.07) is 0.185. The maximum atomic E-state index is 12.8. The van der Waals surface area contributed by atoms with Crippen LogP contribution >= 0.6 is 11.8 Å².